The van der Waals surface area contributed by atoms with Crippen LogP contribution in [0, 0.1) is 5.41 Å². The highest BCUT2D eigenvalue weighted by Crippen LogP contribution is 2.39. The number of piperidine rings is 2. The SMILES string of the molecule is COCCN1C[C@]2(CCCN(C(=O)c3ccnc(OC)c3)C2)CCC1=O. The number of carbonyl (C=O) groups is 2. The van der Waals surface area contributed by atoms with E-state index in [1.54, 1.807) is 32.5 Å². The highest BCUT2D eigenvalue weighted by molar-refractivity contribution is 5.94. The summed E-state index contributed by atoms with van der Waals surface area (Å²) in [4.78, 5) is 33.0. The standard InChI is InChI=1S/C19H27N3O4/c1-25-11-10-21-13-19(7-4-17(21)23)6-3-9-22(14-19)18(24)15-5-8-20-16(12-15)26-2/h5,8,12H,3-4,6-7,9-11,13-14H2,1-2H3/t19-/m0/s1. The summed E-state index contributed by atoms with van der Waals surface area (Å²) in [6, 6.07) is 3.40. The van der Waals surface area contributed by atoms with E-state index in [0.29, 0.717) is 44.1 Å². The van der Waals surface area contributed by atoms with Crippen LogP contribution in [-0.4, -0.2) is 73.6 Å². The third-order valence-corrected chi connectivity index (χ3v) is 5.45. The molecular weight excluding hydrogens is 334 g/mol. The highest BCUT2D eigenvalue weighted by atomic mass is 16.5. The van der Waals surface area contributed by atoms with Crippen LogP contribution >= 0.6 is 0 Å². The number of methoxy groups -OCH3 is 2. The van der Waals surface area contributed by atoms with Crippen molar-refractivity contribution in [2.75, 3.05) is 47.0 Å². The van der Waals surface area contributed by atoms with Gasteiger partial charge < -0.3 is 19.3 Å². The molecule has 3 heterocycles. The zero-order valence-corrected chi connectivity index (χ0v) is 15.6. The molecule has 1 aromatic heterocycles. The fourth-order valence-corrected chi connectivity index (χ4v) is 4.06. The highest BCUT2D eigenvalue weighted by Gasteiger charge is 2.42. The van der Waals surface area contributed by atoms with Gasteiger partial charge >= 0.3 is 0 Å². The van der Waals surface area contributed by atoms with Crippen molar-refractivity contribution < 1.29 is 19.1 Å². The minimum Gasteiger partial charge on any atom is -0.481 e. The van der Waals surface area contributed by atoms with Crippen LogP contribution in [0.15, 0.2) is 18.3 Å². The van der Waals surface area contributed by atoms with Crippen molar-refractivity contribution in [2.24, 2.45) is 5.41 Å². The fourth-order valence-electron chi connectivity index (χ4n) is 4.06. The molecule has 142 valence electrons. The molecule has 0 aromatic carbocycles. The number of amides is 2. The molecule has 0 N–H and O–H groups in total. The van der Waals surface area contributed by atoms with Crippen molar-refractivity contribution in [2.45, 2.75) is 25.7 Å². The zero-order chi connectivity index (χ0) is 18.6. The first-order valence-electron chi connectivity index (χ1n) is 9.13. The van der Waals surface area contributed by atoms with E-state index in [1.807, 2.05) is 9.80 Å². The molecule has 26 heavy (non-hydrogen) atoms. The molecule has 7 heteroatoms. The molecular formula is C19H27N3O4. The molecule has 0 bridgehead atoms. The van der Waals surface area contributed by atoms with E-state index in [4.69, 9.17) is 9.47 Å². The van der Waals surface area contributed by atoms with Gasteiger partial charge in [0, 0.05) is 63.0 Å². The first-order valence-corrected chi connectivity index (χ1v) is 9.13. The van der Waals surface area contributed by atoms with E-state index >= 15 is 0 Å². The number of likely N-dealkylation sites (tertiary alicyclic amines) is 2. The molecule has 2 aliphatic heterocycles. The zero-order valence-electron chi connectivity index (χ0n) is 15.6. The predicted molar refractivity (Wildman–Crippen MR) is 96.0 cm³/mol. The van der Waals surface area contributed by atoms with Gasteiger partial charge in [-0.25, -0.2) is 4.98 Å². The minimum atomic E-state index is -0.00726. The predicted octanol–water partition coefficient (Wildman–Crippen LogP) is 1.58. The van der Waals surface area contributed by atoms with Gasteiger partial charge in [-0.2, -0.15) is 0 Å². The van der Waals surface area contributed by atoms with Gasteiger partial charge in [-0.1, -0.05) is 0 Å². The summed E-state index contributed by atoms with van der Waals surface area (Å²) in [5.74, 6) is 0.636. The number of rotatable bonds is 5. The van der Waals surface area contributed by atoms with E-state index in [1.165, 1.54) is 0 Å². The molecule has 2 aliphatic rings. The van der Waals surface area contributed by atoms with E-state index < -0.39 is 0 Å². The van der Waals surface area contributed by atoms with Crippen LogP contribution in [0.3, 0.4) is 0 Å². The molecule has 0 radical (unpaired) electrons. The first-order chi connectivity index (χ1) is 12.6. The van der Waals surface area contributed by atoms with Gasteiger partial charge in [0.25, 0.3) is 5.91 Å². The van der Waals surface area contributed by atoms with E-state index in [2.05, 4.69) is 4.98 Å². The average molecular weight is 361 g/mol. The molecule has 2 fully saturated rings. The lowest BCUT2D eigenvalue weighted by atomic mass is 9.73. The summed E-state index contributed by atoms with van der Waals surface area (Å²) in [5.41, 5.74) is 0.587. The maximum atomic E-state index is 13.0. The van der Waals surface area contributed by atoms with Gasteiger partial charge in [-0.05, 0) is 25.3 Å². The van der Waals surface area contributed by atoms with Crippen molar-refractivity contribution in [3.05, 3.63) is 23.9 Å². The van der Waals surface area contributed by atoms with Crippen LogP contribution in [0.2, 0.25) is 0 Å². The molecule has 1 spiro atoms. The van der Waals surface area contributed by atoms with Crippen molar-refractivity contribution in [3.8, 4) is 5.88 Å². The molecule has 7 nitrogen and oxygen atoms in total. The van der Waals surface area contributed by atoms with Gasteiger partial charge in [0.2, 0.25) is 11.8 Å². The summed E-state index contributed by atoms with van der Waals surface area (Å²) >= 11 is 0. The average Bonchev–Trinajstić information content (AvgIpc) is 2.68. The van der Waals surface area contributed by atoms with E-state index in [0.717, 1.165) is 25.8 Å². The van der Waals surface area contributed by atoms with Gasteiger partial charge in [0.15, 0.2) is 0 Å². The number of nitrogens with zero attached hydrogens (tertiary/aromatic N) is 3. The van der Waals surface area contributed by atoms with Gasteiger partial charge in [0.1, 0.15) is 0 Å². The van der Waals surface area contributed by atoms with Gasteiger partial charge in [0.05, 0.1) is 13.7 Å². The summed E-state index contributed by atoms with van der Waals surface area (Å²) in [5, 5.41) is 0. The molecule has 1 aromatic rings. The number of carbonyl (C=O) groups excluding carboxylic acids is 2. The molecule has 0 unspecified atom stereocenters. The monoisotopic (exact) mass is 361 g/mol. The topological polar surface area (TPSA) is 72.0 Å². The Labute approximate surface area is 154 Å². The van der Waals surface area contributed by atoms with E-state index in [-0.39, 0.29) is 17.2 Å². The van der Waals surface area contributed by atoms with Crippen LogP contribution in [0.25, 0.3) is 0 Å². The Hall–Kier alpha value is -2.15. The van der Waals surface area contributed by atoms with Crippen LogP contribution < -0.4 is 4.74 Å². The van der Waals surface area contributed by atoms with Crippen LogP contribution in [0.4, 0.5) is 0 Å². The van der Waals surface area contributed by atoms with Crippen LogP contribution in [0.1, 0.15) is 36.0 Å². The Morgan fingerprint density at radius 3 is 2.92 bits per heavy atom. The summed E-state index contributed by atoms with van der Waals surface area (Å²) in [6.07, 6.45) is 5.00. The second-order valence-electron chi connectivity index (χ2n) is 7.23. The maximum absolute atomic E-state index is 13.0. The Balaban J connectivity index is 1.71. The lowest BCUT2D eigenvalue weighted by Gasteiger charge is -2.48. The maximum Gasteiger partial charge on any atom is 0.254 e. The molecule has 0 aliphatic carbocycles. The van der Waals surface area contributed by atoms with Crippen molar-refractivity contribution >= 4 is 11.8 Å². The second-order valence-corrected chi connectivity index (χ2v) is 7.23. The number of pyridine rings is 1. The number of hydrogen-bond donors (Lipinski definition) is 0. The number of hydrogen-bond acceptors (Lipinski definition) is 5. The van der Waals surface area contributed by atoms with Crippen LogP contribution in [0.5, 0.6) is 5.88 Å². The third-order valence-electron chi connectivity index (χ3n) is 5.45. The summed E-state index contributed by atoms with van der Waals surface area (Å²) < 4.78 is 10.3. The van der Waals surface area contributed by atoms with E-state index in [9.17, 15) is 9.59 Å². The van der Waals surface area contributed by atoms with Gasteiger partial charge in [-0.15, -0.1) is 0 Å². The summed E-state index contributed by atoms with van der Waals surface area (Å²) in [7, 11) is 3.19. The van der Waals surface area contributed by atoms with Crippen molar-refractivity contribution in [1.82, 2.24) is 14.8 Å². The van der Waals surface area contributed by atoms with Gasteiger partial charge in [-0.3, -0.25) is 9.59 Å². The first kappa shape index (κ1) is 18.6. The fraction of sp³-hybridized carbons (Fsp3) is 0.632. The Bertz CT molecular complexity index is 666. The molecule has 1 atom stereocenters. The van der Waals surface area contributed by atoms with Crippen LogP contribution in [-0.2, 0) is 9.53 Å². The lowest BCUT2D eigenvalue weighted by molar-refractivity contribution is -0.139. The van der Waals surface area contributed by atoms with Crippen molar-refractivity contribution in [3.63, 3.8) is 0 Å². The number of aromatic nitrogens is 1. The molecule has 2 amide bonds. The Morgan fingerprint density at radius 2 is 2.15 bits per heavy atom. The second kappa shape index (κ2) is 8.03. The smallest absolute Gasteiger partial charge is 0.254 e. The Kier molecular flexibility index (Phi) is 5.76. The number of ether oxygens (including phenoxy) is 2. The normalized spacial score (nSPS) is 23.4. The quantitative estimate of drug-likeness (QED) is 0.796. The molecule has 2 saturated heterocycles. The van der Waals surface area contributed by atoms with Crippen molar-refractivity contribution in [1.29, 1.82) is 0 Å². The Morgan fingerprint density at radius 1 is 1.31 bits per heavy atom. The third kappa shape index (κ3) is 3.98. The lowest BCUT2D eigenvalue weighted by Crippen LogP contribution is -2.55. The molecule has 3 rings (SSSR count). The minimum absolute atomic E-state index is 0.00474. The molecule has 0 saturated carbocycles. The summed E-state index contributed by atoms with van der Waals surface area (Å²) in [6.45, 7) is 3.30. The largest absolute Gasteiger partial charge is 0.481 e.